The van der Waals surface area contributed by atoms with Crippen molar-refractivity contribution >= 4 is 30.7 Å². The van der Waals surface area contributed by atoms with E-state index in [1.165, 1.54) is 0 Å². The molecule has 1 saturated heterocycles. The number of pyridine rings is 1. The van der Waals surface area contributed by atoms with Crippen LogP contribution < -0.4 is 20.1 Å². The van der Waals surface area contributed by atoms with E-state index in [1.54, 1.807) is 19.4 Å². The number of carbonyl (C=O) groups is 1. The Balaban J connectivity index is 0.00000182. The summed E-state index contributed by atoms with van der Waals surface area (Å²) in [6.45, 7) is 1.39. The lowest BCUT2D eigenvalue weighted by Gasteiger charge is -2.13. The van der Waals surface area contributed by atoms with Crippen molar-refractivity contribution < 1.29 is 14.3 Å². The van der Waals surface area contributed by atoms with Crippen molar-refractivity contribution in [3.63, 3.8) is 0 Å². The first-order valence-electron chi connectivity index (χ1n) is 8.50. The monoisotopic (exact) mass is 413 g/mol. The van der Waals surface area contributed by atoms with Gasteiger partial charge in [0.05, 0.1) is 7.11 Å². The number of hydrogen-bond donors (Lipinski definition) is 2. The molecule has 0 saturated carbocycles. The Morgan fingerprint density at radius 3 is 2.81 bits per heavy atom. The first-order chi connectivity index (χ1) is 12.2. The van der Waals surface area contributed by atoms with Crippen molar-refractivity contribution in [3.05, 3.63) is 48.2 Å². The SMILES string of the molecule is COc1cccc(Oc2ncccc2CNC(=O)CC2CCCN2)c1.Cl.Cl. The van der Waals surface area contributed by atoms with Crippen molar-refractivity contribution in [1.29, 1.82) is 0 Å². The number of aromatic nitrogens is 1. The lowest BCUT2D eigenvalue weighted by atomic mass is 10.1. The molecule has 1 aromatic heterocycles. The van der Waals surface area contributed by atoms with Crippen LogP contribution in [0, 0.1) is 0 Å². The minimum atomic E-state index is 0. The molecule has 0 radical (unpaired) electrons. The van der Waals surface area contributed by atoms with Gasteiger partial charge in [-0.05, 0) is 37.6 Å². The molecule has 2 aromatic rings. The maximum atomic E-state index is 12.1. The summed E-state index contributed by atoms with van der Waals surface area (Å²) in [6, 6.07) is 11.4. The average Bonchev–Trinajstić information content (AvgIpc) is 3.14. The van der Waals surface area contributed by atoms with Gasteiger partial charge in [-0.3, -0.25) is 4.79 Å². The number of nitrogens with one attached hydrogen (secondary N) is 2. The molecule has 27 heavy (non-hydrogen) atoms. The summed E-state index contributed by atoms with van der Waals surface area (Å²) in [7, 11) is 1.61. The van der Waals surface area contributed by atoms with Gasteiger partial charge in [-0.25, -0.2) is 4.98 Å². The van der Waals surface area contributed by atoms with E-state index in [-0.39, 0.29) is 30.7 Å². The molecule has 1 amide bonds. The van der Waals surface area contributed by atoms with Crippen LogP contribution in [0.15, 0.2) is 42.6 Å². The first-order valence-corrected chi connectivity index (χ1v) is 8.50. The Kier molecular flexibility index (Phi) is 9.93. The number of methoxy groups -OCH3 is 1. The molecule has 0 bridgehead atoms. The van der Waals surface area contributed by atoms with Crippen LogP contribution in [-0.2, 0) is 11.3 Å². The third-order valence-corrected chi connectivity index (χ3v) is 4.18. The Bertz CT molecular complexity index is 725. The summed E-state index contributed by atoms with van der Waals surface area (Å²) in [6.07, 6.45) is 4.37. The Hall–Kier alpha value is -2.02. The van der Waals surface area contributed by atoms with Crippen LogP contribution in [0.25, 0.3) is 0 Å². The summed E-state index contributed by atoms with van der Waals surface area (Å²) in [5.74, 6) is 1.87. The average molecular weight is 414 g/mol. The molecule has 2 heterocycles. The maximum Gasteiger partial charge on any atom is 0.224 e. The van der Waals surface area contributed by atoms with Gasteiger partial charge in [0.1, 0.15) is 11.5 Å². The largest absolute Gasteiger partial charge is 0.497 e. The minimum absolute atomic E-state index is 0. The van der Waals surface area contributed by atoms with Gasteiger partial charge < -0.3 is 20.1 Å². The summed E-state index contributed by atoms with van der Waals surface area (Å²) in [5.41, 5.74) is 0.832. The van der Waals surface area contributed by atoms with Crippen LogP contribution in [-0.4, -0.2) is 30.6 Å². The topological polar surface area (TPSA) is 72.5 Å². The molecule has 1 fully saturated rings. The molecule has 1 aromatic carbocycles. The molecule has 8 heteroatoms. The van der Waals surface area contributed by atoms with Crippen LogP contribution >= 0.6 is 24.8 Å². The number of benzene rings is 1. The van der Waals surface area contributed by atoms with E-state index < -0.39 is 0 Å². The van der Waals surface area contributed by atoms with Crippen molar-refractivity contribution in [2.45, 2.75) is 31.8 Å². The fourth-order valence-electron chi connectivity index (χ4n) is 2.85. The highest BCUT2D eigenvalue weighted by molar-refractivity contribution is 5.85. The number of ether oxygens (including phenoxy) is 2. The summed E-state index contributed by atoms with van der Waals surface area (Å²) < 4.78 is 11.1. The number of amides is 1. The second-order valence-electron chi connectivity index (χ2n) is 6.02. The second kappa shape index (κ2) is 11.6. The normalized spacial score (nSPS) is 15.2. The Labute approximate surface area is 171 Å². The predicted molar refractivity (Wildman–Crippen MR) is 109 cm³/mol. The van der Waals surface area contributed by atoms with E-state index in [4.69, 9.17) is 9.47 Å². The molecular formula is C19H25Cl2N3O3. The van der Waals surface area contributed by atoms with Gasteiger partial charge in [-0.2, -0.15) is 0 Å². The number of halogens is 2. The van der Waals surface area contributed by atoms with Crippen LogP contribution in [0.3, 0.4) is 0 Å². The molecule has 1 aliphatic heterocycles. The van der Waals surface area contributed by atoms with Crippen molar-refractivity contribution in [1.82, 2.24) is 15.6 Å². The third-order valence-electron chi connectivity index (χ3n) is 4.18. The lowest BCUT2D eigenvalue weighted by molar-refractivity contribution is -0.121. The zero-order valence-corrected chi connectivity index (χ0v) is 16.8. The highest BCUT2D eigenvalue weighted by atomic mass is 35.5. The molecule has 3 rings (SSSR count). The minimum Gasteiger partial charge on any atom is -0.497 e. The van der Waals surface area contributed by atoms with Crippen molar-refractivity contribution in [3.8, 4) is 17.4 Å². The fourth-order valence-corrected chi connectivity index (χ4v) is 2.85. The molecule has 0 spiro atoms. The molecule has 0 aliphatic carbocycles. The zero-order valence-electron chi connectivity index (χ0n) is 15.1. The zero-order chi connectivity index (χ0) is 17.5. The predicted octanol–water partition coefficient (Wildman–Crippen LogP) is 3.48. The lowest BCUT2D eigenvalue weighted by Crippen LogP contribution is -2.31. The van der Waals surface area contributed by atoms with E-state index in [2.05, 4.69) is 15.6 Å². The van der Waals surface area contributed by atoms with E-state index in [9.17, 15) is 4.79 Å². The fraction of sp³-hybridized carbons (Fsp3) is 0.368. The quantitative estimate of drug-likeness (QED) is 0.726. The highest BCUT2D eigenvalue weighted by Crippen LogP contribution is 2.26. The smallest absolute Gasteiger partial charge is 0.224 e. The Morgan fingerprint density at radius 2 is 2.07 bits per heavy atom. The number of nitrogens with zero attached hydrogens (tertiary/aromatic N) is 1. The third kappa shape index (κ3) is 6.90. The van der Waals surface area contributed by atoms with Crippen molar-refractivity contribution in [2.75, 3.05) is 13.7 Å². The molecule has 1 unspecified atom stereocenters. The Morgan fingerprint density at radius 1 is 1.26 bits per heavy atom. The molecule has 6 nitrogen and oxygen atoms in total. The van der Waals surface area contributed by atoms with Crippen LogP contribution in [0.4, 0.5) is 0 Å². The number of rotatable bonds is 7. The van der Waals surface area contributed by atoms with Gasteiger partial charge in [0, 0.05) is 36.8 Å². The first kappa shape index (κ1) is 23.0. The molecule has 2 N–H and O–H groups in total. The van der Waals surface area contributed by atoms with Gasteiger partial charge in [-0.15, -0.1) is 24.8 Å². The number of carbonyl (C=O) groups excluding carboxylic acids is 1. The number of hydrogen-bond acceptors (Lipinski definition) is 5. The van der Waals surface area contributed by atoms with E-state index in [0.29, 0.717) is 36.4 Å². The van der Waals surface area contributed by atoms with Crippen molar-refractivity contribution in [2.24, 2.45) is 0 Å². The van der Waals surface area contributed by atoms with Gasteiger partial charge in [0.2, 0.25) is 11.8 Å². The molecular weight excluding hydrogens is 389 g/mol. The van der Waals surface area contributed by atoms with Gasteiger partial charge in [-0.1, -0.05) is 12.1 Å². The van der Waals surface area contributed by atoms with E-state index in [1.807, 2.05) is 30.3 Å². The van der Waals surface area contributed by atoms with E-state index >= 15 is 0 Å². The summed E-state index contributed by atoms with van der Waals surface area (Å²) in [5, 5.41) is 6.28. The summed E-state index contributed by atoms with van der Waals surface area (Å²) in [4.78, 5) is 16.4. The molecule has 1 atom stereocenters. The van der Waals surface area contributed by atoms with E-state index in [0.717, 1.165) is 24.9 Å². The molecule has 148 valence electrons. The maximum absolute atomic E-state index is 12.1. The second-order valence-corrected chi connectivity index (χ2v) is 6.02. The molecule has 1 aliphatic rings. The standard InChI is InChI=1S/C19H23N3O3.2ClH/c1-24-16-7-2-8-17(12-16)25-19-14(5-3-10-21-19)13-22-18(23)11-15-6-4-9-20-15;;/h2-3,5,7-8,10,12,15,20H,4,6,9,11,13H2,1H3,(H,22,23);2*1H. The van der Waals surface area contributed by atoms with Crippen LogP contribution in [0.2, 0.25) is 0 Å². The van der Waals surface area contributed by atoms with Gasteiger partial charge >= 0.3 is 0 Å². The van der Waals surface area contributed by atoms with Crippen LogP contribution in [0.5, 0.6) is 17.4 Å². The summed E-state index contributed by atoms with van der Waals surface area (Å²) >= 11 is 0. The van der Waals surface area contributed by atoms with Gasteiger partial charge in [0.15, 0.2) is 0 Å². The van der Waals surface area contributed by atoms with Crippen LogP contribution in [0.1, 0.15) is 24.8 Å². The highest BCUT2D eigenvalue weighted by Gasteiger charge is 2.17. The van der Waals surface area contributed by atoms with Gasteiger partial charge in [0.25, 0.3) is 0 Å².